The van der Waals surface area contributed by atoms with Gasteiger partial charge in [0.1, 0.15) is 41.6 Å². The molecule has 324 valence electrons. The van der Waals surface area contributed by atoms with E-state index in [0.717, 1.165) is 5.56 Å². The molecule has 1 aromatic carbocycles. The second kappa shape index (κ2) is 19.0. The van der Waals surface area contributed by atoms with Crippen LogP contribution in [0.25, 0.3) is 0 Å². The number of aliphatic imine (C=N–C) groups is 1. The normalized spacial score (nSPS) is 22.3. The lowest BCUT2D eigenvalue weighted by atomic mass is 9.82. The highest BCUT2D eigenvalue weighted by atomic mass is 32.1. The molecular formula is C43H64N8O7S. The van der Waals surface area contributed by atoms with Crippen molar-refractivity contribution >= 4 is 52.7 Å². The van der Waals surface area contributed by atoms with Gasteiger partial charge in [-0.05, 0) is 34.1 Å². The standard InChI is InChI=1S/C43H64N8O7S/c1-24(2)30-36(54)50-32(41(4,5)6)35(45-23-28(52)51-20-18-43(10,11)34(51)39(57)47-30)49-33(42(7,8)9)38(56)48-31(25(3)26-16-14-13-15-17-26)37(55)46-27(22-29(53)58-12)40-44-19-21-59-40/h13-17,19,21,24-25,27,30-34H,18,20,22-23H2,1-12H3,(H,45,49)(H,46,55)(H,47,57)(H,48,56)(H,50,54). The molecule has 2 aliphatic heterocycles. The molecule has 2 aliphatic rings. The van der Waals surface area contributed by atoms with Crippen LogP contribution in [0.5, 0.6) is 0 Å². The number of amidine groups is 1. The first-order chi connectivity index (χ1) is 27.5. The van der Waals surface area contributed by atoms with Gasteiger partial charge in [0, 0.05) is 24.0 Å². The fourth-order valence-corrected chi connectivity index (χ4v) is 8.25. The third kappa shape index (κ3) is 11.7. The van der Waals surface area contributed by atoms with E-state index < -0.39 is 82.1 Å². The lowest BCUT2D eigenvalue weighted by molar-refractivity contribution is -0.142. The number of aromatic nitrogens is 1. The number of carbonyl (C=O) groups is 6. The van der Waals surface area contributed by atoms with Gasteiger partial charge in [0.05, 0.1) is 25.6 Å². The van der Waals surface area contributed by atoms with E-state index in [4.69, 9.17) is 9.73 Å². The summed E-state index contributed by atoms with van der Waals surface area (Å²) in [5.41, 5.74) is -1.27. The number of thiazole rings is 1. The minimum atomic E-state index is -1.12. The van der Waals surface area contributed by atoms with E-state index in [1.54, 1.807) is 16.5 Å². The molecule has 1 fully saturated rings. The largest absolute Gasteiger partial charge is 0.469 e. The van der Waals surface area contributed by atoms with Gasteiger partial charge in [0.2, 0.25) is 29.5 Å². The quantitative estimate of drug-likeness (QED) is 0.209. The van der Waals surface area contributed by atoms with Crippen LogP contribution < -0.4 is 26.6 Å². The Hall–Kier alpha value is -4.86. The molecule has 5 N–H and O–H groups in total. The SMILES string of the molecule is COC(=O)CC(NC(=O)C(NC(=O)C(NC1=NCC(=O)N2CCC(C)(C)C2C(=O)NC(C(C)C)C(=O)NC1C(C)(C)C)C(C)(C)C)C(C)c1ccccc1)c1nccs1. The summed E-state index contributed by atoms with van der Waals surface area (Å²) in [4.78, 5) is 94.4. The molecule has 5 amide bonds. The monoisotopic (exact) mass is 836 g/mol. The van der Waals surface area contributed by atoms with Crippen LogP contribution in [0.15, 0.2) is 46.9 Å². The van der Waals surface area contributed by atoms with Crippen LogP contribution >= 0.6 is 11.3 Å². The van der Waals surface area contributed by atoms with E-state index in [-0.39, 0.29) is 36.5 Å². The number of nitrogens with zero attached hydrogens (tertiary/aromatic N) is 3. The maximum Gasteiger partial charge on any atom is 0.308 e. The Morgan fingerprint density at radius 2 is 1.63 bits per heavy atom. The third-order valence-corrected chi connectivity index (χ3v) is 12.1. The Bertz CT molecular complexity index is 1850. The summed E-state index contributed by atoms with van der Waals surface area (Å²) in [6.45, 7) is 20.7. The molecule has 1 aromatic heterocycles. The van der Waals surface area contributed by atoms with Crippen LogP contribution in [0.3, 0.4) is 0 Å². The van der Waals surface area contributed by atoms with Crippen molar-refractivity contribution in [3.05, 3.63) is 52.5 Å². The van der Waals surface area contributed by atoms with Crippen LogP contribution in [-0.4, -0.2) is 102 Å². The van der Waals surface area contributed by atoms with Gasteiger partial charge in [0.25, 0.3) is 0 Å². The Morgan fingerprint density at radius 3 is 2.19 bits per heavy atom. The first-order valence-electron chi connectivity index (χ1n) is 20.3. The zero-order chi connectivity index (χ0) is 44.0. The van der Waals surface area contributed by atoms with E-state index >= 15 is 0 Å². The van der Waals surface area contributed by atoms with Crippen LogP contribution in [0.2, 0.25) is 0 Å². The number of methoxy groups -OCH3 is 1. The van der Waals surface area contributed by atoms with E-state index in [1.165, 1.54) is 18.4 Å². The summed E-state index contributed by atoms with van der Waals surface area (Å²) >= 11 is 1.28. The summed E-state index contributed by atoms with van der Waals surface area (Å²) in [7, 11) is 1.27. The highest BCUT2D eigenvalue weighted by Gasteiger charge is 2.49. The van der Waals surface area contributed by atoms with Crippen LogP contribution in [-0.2, 0) is 33.5 Å². The number of fused-ring (bicyclic) bond motifs is 1. The van der Waals surface area contributed by atoms with Gasteiger partial charge in [-0.1, -0.05) is 106 Å². The molecule has 0 radical (unpaired) electrons. The zero-order valence-electron chi connectivity index (χ0n) is 36.6. The number of carbonyl (C=O) groups excluding carboxylic acids is 6. The van der Waals surface area contributed by atoms with Crippen LogP contribution in [0.1, 0.15) is 112 Å². The van der Waals surface area contributed by atoms with Crippen molar-refractivity contribution < 1.29 is 33.5 Å². The average Bonchev–Trinajstić information content (AvgIpc) is 3.81. The Balaban J connectivity index is 1.77. The van der Waals surface area contributed by atoms with Crippen molar-refractivity contribution in [3.63, 3.8) is 0 Å². The molecule has 2 aromatic rings. The minimum Gasteiger partial charge on any atom is -0.469 e. The second-order valence-corrected chi connectivity index (χ2v) is 19.7. The number of esters is 1. The molecule has 0 saturated carbocycles. The van der Waals surface area contributed by atoms with E-state index in [9.17, 15) is 28.8 Å². The summed E-state index contributed by atoms with van der Waals surface area (Å²) in [5, 5.41) is 17.6. The number of hydrogen-bond donors (Lipinski definition) is 5. The Kier molecular flexibility index (Phi) is 15.1. The van der Waals surface area contributed by atoms with Crippen LogP contribution in [0, 0.1) is 22.2 Å². The molecule has 1 saturated heterocycles. The van der Waals surface area contributed by atoms with Crippen molar-refractivity contribution in [3.8, 4) is 0 Å². The number of rotatable bonds is 11. The molecule has 3 heterocycles. The summed E-state index contributed by atoms with van der Waals surface area (Å²) < 4.78 is 4.91. The molecule has 0 aliphatic carbocycles. The molecule has 7 atom stereocenters. The number of hydrogen-bond acceptors (Lipinski definition) is 11. The second-order valence-electron chi connectivity index (χ2n) is 18.8. The Morgan fingerprint density at radius 1 is 0.966 bits per heavy atom. The molecular weight excluding hydrogens is 773 g/mol. The molecule has 59 heavy (non-hydrogen) atoms. The average molecular weight is 837 g/mol. The van der Waals surface area contributed by atoms with E-state index in [0.29, 0.717) is 18.0 Å². The first-order valence-corrected chi connectivity index (χ1v) is 21.2. The van der Waals surface area contributed by atoms with Crippen LogP contribution in [0.4, 0.5) is 0 Å². The minimum absolute atomic E-state index is 0.169. The molecule has 7 unspecified atom stereocenters. The molecule has 0 bridgehead atoms. The van der Waals surface area contributed by atoms with Gasteiger partial charge in [0.15, 0.2) is 0 Å². The number of nitrogens with one attached hydrogen (secondary N) is 5. The molecule has 4 rings (SSSR count). The number of amides is 5. The van der Waals surface area contributed by atoms with E-state index in [2.05, 4.69) is 31.6 Å². The van der Waals surface area contributed by atoms with Gasteiger partial charge in [-0.25, -0.2) is 4.98 Å². The molecule has 16 heteroatoms. The lowest BCUT2D eigenvalue weighted by Gasteiger charge is -2.40. The predicted octanol–water partition coefficient (Wildman–Crippen LogP) is 3.87. The fourth-order valence-electron chi connectivity index (χ4n) is 7.56. The van der Waals surface area contributed by atoms with Gasteiger partial charge >= 0.3 is 5.97 Å². The predicted molar refractivity (Wildman–Crippen MR) is 227 cm³/mol. The van der Waals surface area contributed by atoms with Crippen molar-refractivity contribution in [2.45, 2.75) is 131 Å². The van der Waals surface area contributed by atoms with Gasteiger partial charge < -0.3 is 36.2 Å². The van der Waals surface area contributed by atoms with Crippen molar-refractivity contribution in [1.82, 2.24) is 36.5 Å². The zero-order valence-corrected chi connectivity index (χ0v) is 37.4. The van der Waals surface area contributed by atoms with Gasteiger partial charge in [-0.2, -0.15) is 0 Å². The summed E-state index contributed by atoms with van der Waals surface area (Å²) in [5.74, 6) is -3.41. The lowest BCUT2D eigenvalue weighted by Crippen LogP contribution is -2.65. The van der Waals surface area contributed by atoms with Crippen molar-refractivity contribution in [1.29, 1.82) is 0 Å². The molecule has 0 spiro atoms. The third-order valence-electron chi connectivity index (χ3n) is 11.2. The van der Waals surface area contributed by atoms with Crippen molar-refractivity contribution in [2.24, 2.45) is 27.2 Å². The summed E-state index contributed by atoms with van der Waals surface area (Å²) in [6, 6.07) is 3.74. The molecule has 15 nitrogen and oxygen atoms in total. The summed E-state index contributed by atoms with van der Waals surface area (Å²) in [6.07, 6.45) is 2.00. The van der Waals surface area contributed by atoms with Gasteiger partial charge in [-0.3, -0.25) is 33.8 Å². The maximum absolute atomic E-state index is 14.8. The van der Waals surface area contributed by atoms with Crippen molar-refractivity contribution in [2.75, 3.05) is 20.2 Å². The topological polar surface area (TPSA) is 200 Å². The van der Waals surface area contributed by atoms with Gasteiger partial charge in [-0.15, -0.1) is 11.3 Å². The van der Waals surface area contributed by atoms with E-state index in [1.807, 2.05) is 106 Å². The smallest absolute Gasteiger partial charge is 0.308 e. The maximum atomic E-state index is 14.8. The Labute approximate surface area is 352 Å². The highest BCUT2D eigenvalue weighted by molar-refractivity contribution is 7.09. The number of benzene rings is 1. The highest BCUT2D eigenvalue weighted by Crippen LogP contribution is 2.37. The fraction of sp³-hybridized carbons (Fsp3) is 0.628. The number of ether oxygens (including phenoxy) is 1. The first kappa shape index (κ1) is 46.8.